The minimum absolute atomic E-state index is 0.159. The highest BCUT2D eigenvalue weighted by molar-refractivity contribution is 7.35. The molecular formula is C4H12NO2P. The Labute approximate surface area is 50.0 Å². The van der Waals surface area contributed by atoms with Gasteiger partial charge in [-0.2, -0.15) is 0 Å². The van der Waals surface area contributed by atoms with Gasteiger partial charge in [0, 0.05) is 6.04 Å². The maximum Gasteiger partial charge on any atom is 0.255 e. The Balaban J connectivity index is 3.24. The minimum atomic E-state index is -2.45. The molecule has 0 aliphatic rings. The quantitative estimate of drug-likeness (QED) is 0.564. The van der Waals surface area contributed by atoms with Crippen molar-refractivity contribution in [1.29, 1.82) is 0 Å². The van der Waals surface area contributed by atoms with Crippen molar-refractivity contribution >= 4 is 8.18 Å². The highest BCUT2D eigenvalue weighted by Crippen LogP contribution is 2.07. The molecule has 0 aromatic carbocycles. The van der Waals surface area contributed by atoms with Gasteiger partial charge in [-0.3, -0.25) is 4.57 Å². The van der Waals surface area contributed by atoms with Crippen LogP contribution in [-0.2, 0) is 4.57 Å². The second-order valence-electron chi connectivity index (χ2n) is 1.76. The molecule has 2 atom stereocenters. The number of nitrogens with one attached hydrogen (secondary N) is 1. The number of hydrogen-bond acceptors (Lipinski definition) is 1. The van der Waals surface area contributed by atoms with Gasteiger partial charge in [-0.1, -0.05) is 6.92 Å². The highest BCUT2D eigenvalue weighted by Gasteiger charge is 1.97. The Morgan fingerprint density at radius 3 is 2.50 bits per heavy atom. The van der Waals surface area contributed by atoms with Gasteiger partial charge in [0.2, 0.25) is 0 Å². The first-order valence-corrected chi connectivity index (χ1v) is 4.01. The maximum absolute atomic E-state index is 10.0. The summed E-state index contributed by atoms with van der Waals surface area (Å²) in [5.41, 5.74) is 0. The molecule has 0 saturated heterocycles. The van der Waals surface area contributed by atoms with Crippen LogP contribution in [0.25, 0.3) is 0 Å². The van der Waals surface area contributed by atoms with E-state index >= 15 is 0 Å². The van der Waals surface area contributed by atoms with E-state index in [0.717, 1.165) is 6.42 Å². The van der Waals surface area contributed by atoms with Gasteiger partial charge in [0.1, 0.15) is 0 Å². The normalized spacial score (nSPS) is 17.9. The molecule has 0 heterocycles. The van der Waals surface area contributed by atoms with Crippen LogP contribution in [0.15, 0.2) is 0 Å². The van der Waals surface area contributed by atoms with Crippen molar-refractivity contribution in [2.24, 2.45) is 0 Å². The van der Waals surface area contributed by atoms with E-state index in [1.807, 2.05) is 13.8 Å². The zero-order valence-electron chi connectivity index (χ0n) is 5.14. The molecule has 0 fully saturated rings. The van der Waals surface area contributed by atoms with Crippen LogP contribution in [0.4, 0.5) is 0 Å². The van der Waals surface area contributed by atoms with Crippen molar-refractivity contribution in [3.8, 4) is 0 Å². The molecule has 0 saturated carbocycles. The molecule has 0 radical (unpaired) electrons. The van der Waals surface area contributed by atoms with Gasteiger partial charge < -0.3 is 4.89 Å². The Hall–Kier alpha value is 0.150. The zero-order valence-corrected chi connectivity index (χ0v) is 6.14. The minimum Gasteiger partial charge on any atom is -0.335 e. The van der Waals surface area contributed by atoms with Gasteiger partial charge in [-0.25, -0.2) is 5.09 Å². The molecule has 0 rings (SSSR count). The van der Waals surface area contributed by atoms with Crippen LogP contribution in [0.2, 0.25) is 0 Å². The monoisotopic (exact) mass is 137 g/mol. The topological polar surface area (TPSA) is 49.3 Å². The van der Waals surface area contributed by atoms with Crippen molar-refractivity contribution in [2.45, 2.75) is 26.3 Å². The summed E-state index contributed by atoms with van der Waals surface area (Å²) in [6.07, 6.45) is 0.886. The summed E-state index contributed by atoms with van der Waals surface area (Å²) >= 11 is 0. The van der Waals surface area contributed by atoms with Crippen molar-refractivity contribution in [1.82, 2.24) is 5.09 Å². The summed E-state index contributed by atoms with van der Waals surface area (Å²) in [4.78, 5) is 8.29. The molecule has 4 heteroatoms. The van der Waals surface area contributed by atoms with Gasteiger partial charge in [0.25, 0.3) is 8.18 Å². The second kappa shape index (κ2) is 4.07. The molecule has 3 nitrogen and oxygen atoms in total. The van der Waals surface area contributed by atoms with E-state index in [1.54, 1.807) is 0 Å². The first kappa shape index (κ1) is 8.15. The highest BCUT2D eigenvalue weighted by atomic mass is 31.1. The molecule has 0 aliphatic heterocycles. The molecule has 0 spiro atoms. The summed E-state index contributed by atoms with van der Waals surface area (Å²) in [7, 11) is -2.45. The van der Waals surface area contributed by atoms with Crippen LogP contribution in [0.5, 0.6) is 0 Å². The first-order valence-electron chi connectivity index (χ1n) is 2.66. The lowest BCUT2D eigenvalue weighted by atomic mass is 10.3. The van der Waals surface area contributed by atoms with Crippen LogP contribution >= 0.6 is 8.18 Å². The number of hydrogen-bond donors (Lipinski definition) is 2. The predicted molar refractivity (Wildman–Crippen MR) is 34.1 cm³/mol. The fourth-order valence-electron chi connectivity index (χ4n) is 0.313. The van der Waals surface area contributed by atoms with Crippen molar-refractivity contribution in [2.75, 3.05) is 0 Å². The first-order chi connectivity index (χ1) is 3.66. The third kappa shape index (κ3) is 4.31. The molecule has 0 bridgehead atoms. The lowest BCUT2D eigenvalue weighted by Crippen LogP contribution is -2.16. The predicted octanol–water partition coefficient (Wildman–Crippen LogP) is 0.756. The Morgan fingerprint density at radius 1 is 1.88 bits per heavy atom. The summed E-state index contributed by atoms with van der Waals surface area (Å²) in [6, 6.07) is 0.159. The van der Waals surface area contributed by atoms with E-state index in [2.05, 4.69) is 5.09 Å². The fourth-order valence-corrected chi connectivity index (χ4v) is 0.939. The van der Waals surface area contributed by atoms with Gasteiger partial charge >= 0.3 is 0 Å². The Morgan fingerprint density at radius 2 is 2.38 bits per heavy atom. The smallest absolute Gasteiger partial charge is 0.255 e. The lowest BCUT2D eigenvalue weighted by Gasteiger charge is -2.05. The molecule has 0 aromatic rings. The summed E-state index contributed by atoms with van der Waals surface area (Å²) in [6.45, 7) is 3.83. The van der Waals surface area contributed by atoms with Crippen molar-refractivity contribution in [3.05, 3.63) is 0 Å². The van der Waals surface area contributed by atoms with E-state index in [1.165, 1.54) is 0 Å². The SMILES string of the molecule is CCC(C)N[PH](=O)O. The average molecular weight is 137 g/mol. The molecular weight excluding hydrogens is 125 g/mol. The lowest BCUT2D eigenvalue weighted by molar-refractivity contribution is 0.475. The number of rotatable bonds is 3. The third-order valence-corrected chi connectivity index (χ3v) is 1.72. The van der Waals surface area contributed by atoms with E-state index < -0.39 is 8.18 Å². The van der Waals surface area contributed by atoms with Crippen LogP contribution in [-0.4, -0.2) is 10.9 Å². The van der Waals surface area contributed by atoms with Crippen LogP contribution in [0.1, 0.15) is 20.3 Å². The van der Waals surface area contributed by atoms with Crippen LogP contribution < -0.4 is 5.09 Å². The van der Waals surface area contributed by atoms with Crippen molar-refractivity contribution < 1.29 is 9.46 Å². The largest absolute Gasteiger partial charge is 0.335 e. The molecule has 8 heavy (non-hydrogen) atoms. The average Bonchev–Trinajstić information content (AvgIpc) is 1.65. The van der Waals surface area contributed by atoms with E-state index in [-0.39, 0.29) is 6.04 Å². The third-order valence-electron chi connectivity index (χ3n) is 0.982. The van der Waals surface area contributed by atoms with E-state index in [9.17, 15) is 4.57 Å². The molecule has 50 valence electrons. The Kier molecular flexibility index (Phi) is 4.15. The van der Waals surface area contributed by atoms with Gasteiger partial charge in [0.15, 0.2) is 0 Å². The molecule has 0 aromatic heterocycles. The summed E-state index contributed by atoms with van der Waals surface area (Å²) in [5, 5.41) is 2.49. The van der Waals surface area contributed by atoms with Crippen LogP contribution in [0, 0.1) is 0 Å². The fraction of sp³-hybridized carbons (Fsp3) is 1.00. The summed E-state index contributed by atoms with van der Waals surface area (Å²) < 4.78 is 10.0. The van der Waals surface area contributed by atoms with E-state index in [0.29, 0.717) is 0 Å². The second-order valence-corrected chi connectivity index (χ2v) is 2.66. The van der Waals surface area contributed by atoms with Gasteiger partial charge in [-0.15, -0.1) is 0 Å². The van der Waals surface area contributed by atoms with Crippen LogP contribution in [0.3, 0.4) is 0 Å². The molecule has 2 N–H and O–H groups in total. The Bertz CT molecular complexity index is 86.1. The van der Waals surface area contributed by atoms with Gasteiger partial charge in [0.05, 0.1) is 0 Å². The van der Waals surface area contributed by atoms with Crippen molar-refractivity contribution in [3.63, 3.8) is 0 Å². The van der Waals surface area contributed by atoms with E-state index in [4.69, 9.17) is 4.89 Å². The summed E-state index contributed by atoms with van der Waals surface area (Å²) in [5.74, 6) is 0. The zero-order chi connectivity index (χ0) is 6.57. The standard InChI is InChI=1S/C4H12NO2P/c1-3-4(2)5-8(6)7/h4,8H,3H2,1-2H3,(H2,5,6,7). The molecule has 0 aliphatic carbocycles. The molecule has 0 amide bonds. The molecule has 2 unspecified atom stereocenters. The van der Waals surface area contributed by atoms with Gasteiger partial charge in [-0.05, 0) is 13.3 Å². The maximum atomic E-state index is 10.0.